The highest BCUT2D eigenvalue weighted by molar-refractivity contribution is 5.91. The van der Waals surface area contributed by atoms with Crippen LogP contribution in [-0.4, -0.2) is 5.78 Å². The minimum absolute atomic E-state index is 0.147. The minimum atomic E-state index is -0.560. The topological polar surface area (TPSA) is 40.9 Å². The van der Waals surface area contributed by atoms with Crippen molar-refractivity contribution in [1.29, 1.82) is 5.26 Å². The Kier molecular flexibility index (Phi) is 2.91. The van der Waals surface area contributed by atoms with Crippen LogP contribution in [0.3, 0.4) is 0 Å². The fourth-order valence-electron chi connectivity index (χ4n) is 3.76. The molecule has 4 atom stereocenters. The van der Waals surface area contributed by atoms with Crippen molar-refractivity contribution in [1.82, 2.24) is 0 Å². The lowest BCUT2D eigenvalue weighted by Gasteiger charge is -2.22. The van der Waals surface area contributed by atoms with Gasteiger partial charge in [0.2, 0.25) is 0 Å². The molecular weight excluding hydrogens is 222 g/mol. The number of carbonyl (C=O) groups excluding carboxylic acids is 1. The first-order valence-corrected chi connectivity index (χ1v) is 6.78. The van der Waals surface area contributed by atoms with E-state index in [1.54, 1.807) is 0 Å². The van der Waals surface area contributed by atoms with Crippen LogP contribution in [0, 0.1) is 29.1 Å². The number of fused-ring (bicyclic) bond motifs is 2. The van der Waals surface area contributed by atoms with Gasteiger partial charge in [-0.15, -0.1) is 0 Å². The number of carbonyl (C=O) groups is 1. The van der Waals surface area contributed by atoms with E-state index in [1.807, 2.05) is 30.3 Å². The van der Waals surface area contributed by atoms with Gasteiger partial charge in [-0.1, -0.05) is 36.8 Å². The smallest absolute Gasteiger partial charge is 0.157 e. The van der Waals surface area contributed by atoms with Crippen molar-refractivity contribution >= 4 is 5.78 Å². The number of nitrogens with zero attached hydrogens (tertiary/aromatic N) is 1. The Morgan fingerprint density at radius 1 is 1.22 bits per heavy atom. The highest BCUT2D eigenvalue weighted by Gasteiger charge is 2.44. The molecule has 0 saturated heterocycles. The van der Waals surface area contributed by atoms with E-state index in [1.165, 1.54) is 19.3 Å². The summed E-state index contributed by atoms with van der Waals surface area (Å²) in [5, 5.41) is 9.31. The second kappa shape index (κ2) is 4.57. The molecule has 4 unspecified atom stereocenters. The molecule has 2 aliphatic carbocycles. The number of nitriles is 1. The lowest BCUT2D eigenvalue weighted by Crippen LogP contribution is -2.25. The highest BCUT2D eigenvalue weighted by atomic mass is 16.1. The number of Topliss-reactive ketones (excluding diaryl/α,β-unsaturated/α-hetero) is 1. The van der Waals surface area contributed by atoms with E-state index in [9.17, 15) is 10.1 Å². The summed E-state index contributed by atoms with van der Waals surface area (Å²) in [5.74, 6) is 1.06. The minimum Gasteiger partial charge on any atom is -0.298 e. The lowest BCUT2D eigenvalue weighted by molar-refractivity contribution is -0.124. The Morgan fingerprint density at radius 2 is 2.00 bits per heavy atom. The Hall–Kier alpha value is -1.62. The van der Waals surface area contributed by atoms with Crippen LogP contribution in [0.1, 0.15) is 37.2 Å². The summed E-state index contributed by atoms with van der Waals surface area (Å²) in [4.78, 5) is 12.5. The summed E-state index contributed by atoms with van der Waals surface area (Å²) in [7, 11) is 0. The molecule has 92 valence electrons. The van der Waals surface area contributed by atoms with Gasteiger partial charge in [-0.3, -0.25) is 4.79 Å². The largest absolute Gasteiger partial charge is 0.298 e. The molecule has 1 aromatic carbocycles. The maximum atomic E-state index is 12.5. The van der Waals surface area contributed by atoms with Gasteiger partial charge >= 0.3 is 0 Å². The first-order chi connectivity index (χ1) is 8.79. The number of hydrogen-bond donors (Lipinski definition) is 0. The Labute approximate surface area is 108 Å². The average molecular weight is 239 g/mol. The van der Waals surface area contributed by atoms with Crippen LogP contribution in [0.2, 0.25) is 0 Å². The van der Waals surface area contributed by atoms with Gasteiger partial charge in [0.15, 0.2) is 5.78 Å². The van der Waals surface area contributed by atoms with Gasteiger partial charge < -0.3 is 0 Å². The molecule has 18 heavy (non-hydrogen) atoms. The normalized spacial score (nSPS) is 30.9. The quantitative estimate of drug-likeness (QED) is 0.812. The van der Waals surface area contributed by atoms with Gasteiger partial charge in [0, 0.05) is 5.92 Å². The lowest BCUT2D eigenvalue weighted by atomic mass is 9.79. The molecule has 2 heteroatoms. The highest BCUT2D eigenvalue weighted by Crippen LogP contribution is 2.49. The van der Waals surface area contributed by atoms with Crippen molar-refractivity contribution in [3.8, 4) is 6.07 Å². The van der Waals surface area contributed by atoms with Crippen molar-refractivity contribution in [2.24, 2.45) is 17.8 Å². The SMILES string of the molecule is N#CC(C(=O)C1CC2CCC1C2)c1ccccc1. The van der Waals surface area contributed by atoms with E-state index >= 15 is 0 Å². The molecule has 3 rings (SSSR count). The van der Waals surface area contributed by atoms with Crippen LogP contribution in [-0.2, 0) is 4.79 Å². The predicted molar refractivity (Wildman–Crippen MR) is 68.7 cm³/mol. The maximum Gasteiger partial charge on any atom is 0.157 e. The standard InChI is InChI=1S/C16H17NO/c17-10-15(12-4-2-1-3-5-12)16(18)14-9-11-6-7-13(14)8-11/h1-5,11,13-15H,6-9H2. The molecule has 0 radical (unpaired) electrons. The monoisotopic (exact) mass is 239 g/mol. The Balaban J connectivity index is 1.81. The number of ketones is 1. The Bertz CT molecular complexity index is 488. The van der Waals surface area contributed by atoms with Gasteiger partial charge in [0.05, 0.1) is 6.07 Å². The van der Waals surface area contributed by atoms with Crippen LogP contribution in [0.15, 0.2) is 30.3 Å². The van der Waals surface area contributed by atoms with Gasteiger partial charge in [0.1, 0.15) is 5.92 Å². The molecular formula is C16H17NO. The van der Waals surface area contributed by atoms with Crippen molar-refractivity contribution in [3.05, 3.63) is 35.9 Å². The zero-order chi connectivity index (χ0) is 12.5. The van der Waals surface area contributed by atoms with Gasteiger partial charge in [0.25, 0.3) is 0 Å². The summed E-state index contributed by atoms with van der Waals surface area (Å²) in [6.45, 7) is 0. The van der Waals surface area contributed by atoms with Crippen molar-refractivity contribution in [2.75, 3.05) is 0 Å². The van der Waals surface area contributed by atoms with E-state index in [-0.39, 0.29) is 11.7 Å². The van der Waals surface area contributed by atoms with E-state index in [0.717, 1.165) is 17.9 Å². The van der Waals surface area contributed by atoms with Crippen LogP contribution in [0.5, 0.6) is 0 Å². The first-order valence-electron chi connectivity index (χ1n) is 6.78. The summed E-state index contributed by atoms with van der Waals surface area (Å²) < 4.78 is 0. The number of benzene rings is 1. The number of hydrogen-bond acceptors (Lipinski definition) is 2. The van der Waals surface area contributed by atoms with Crippen LogP contribution >= 0.6 is 0 Å². The molecule has 1 aromatic rings. The molecule has 0 spiro atoms. The molecule has 0 N–H and O–H groups in total. The second-order valence-corrected chi connectivity index (χ2v) is 5.66. The second-order valence-electron chi connectivity index (χ2n) is 5.66. The molecule has 2 fully saturated rings. The molecule has 2 bridgehead atoms. The molecule has 0 amide bonds. The number of rotatable bonds is 3. The van der Waals surface area contributed by atoms with E-state index < -0.39 is 5.92 Å². The molecule has 0 heterocycles. The molecule has 2 saturated carbocycles. The van der Waals surface area contributed by atoms with Crippen LogP contribution in [0.25, 0.3) is 0 Å². The summed E-state index contributed by atoms with van der Waals surface area (Å²) in [6.07, 6.45) is 4.71. The zero-order valence-electron chi connectivity index (χ0n) is 10.4. The van der Waals surface area contributed by atoms with Crippen LogP contribution < -0.4 is 0 Å². The maximum absolute atomic E-state index is 12.5. The van der Waals surface area contributed by atoms with E-state index in [4.69, 9.17) is 0 Å². The molecule has 0 aliphatic heterocycles. The summed E-state index contributed by atoms with van der Waals surface area (Å²) in [6, 6.07) is 11.7. The molecule has 2 nitrogen and oxygen atoms in total. The molecule has 0 aromatic heterocycles. The fraction of sp³-hybridized carbons (Fsp3) is 0.500. The van der Waals surface area contributed by atoms with Crippen LogP contribution in [0.4, 0.5) is 0 Å². The van der Waals surface area contributed by atoms with E-state index in [2.05, 4.69) is 6.07 Å². The first kappa shape index (κ1) is 11.5. The van der Waals surface area contributed by atoms with E-state index in [0.29, 0.717) is 5.92 Å². The summed E-state index contributed by atoms with van der Waals surface area (Å²) in [5.41, 5.74) is 0.854. The van der Waals surface area contributed by atoms with Gasteiger partial charge in [-0.05, 0) is 36.7 Å². The third-order valence-corrected chi connectivity index (χ3v) is 4.65. The van der Waals surface area contributed by atoms with Crippen molar-refractivity contribution in [3.63, 3.8) is 0 Å². The Morgan fingerprint density at radius 3 is 2.56 bits per heavy atom. The zero-order valence-corrected chi connectivity index (χ0v) is 10.4. The van der Waals surface area contributed by atoms with Gasteiger partial charge in [-0.2, -0.15) is 5.26 Å². The third-order valence-electron chi connectivity index (χ3n) is 4.65. The van der Waals surface area contributed by atoms with Crippen molar-refractivity contribution < 1.29 is 4.79 Å². The van der Waals surface area contributed by atoms with Gasteiger partial charge in [-0.25, -0.2) is 0 Å². The summed E-state index contributed by atoms with van der Waals surface area (Å²) >= 11 is 0. The fourth-order valence-corrected chi connectivity index (χ4v) is 3.76. The third kappa shape index (κ3) is 1.84. The predicted octanol–water partition coefficient (Wildman–Crippen LogP) is 3.30. The van der Waals surface area contributed by atoms with Crippen molar-refractivity contribution in [2.45, 2.75) is 31.6 Å². The average Bonchev–Trinajstić information content (AvgIpc) is 3.03. The molecule has 2 aliphatic rings.